The first-order chi connectivity index (χ1) is 9.18. The van der Waals surface area contributed by atoms with Crippen LogP contribution < -0.4 is 0 Å². The molecule has 0 spiro atoms. The van der Waals surface area contributed by atoms with Crippen molar-refractivity contribution in [3.8, 4) is 0 Å². The predicted molar refractivity (Wildman–Crippen MR) is 83.1 cm³/mol. The highest BCUT2D eigenvalue weighted by molar-refractivity contribution is 5.48. The average molecular weight is 256 g/mol. The van der Waals surface area contributed by atoms with Gasteiger partial charge in [-0.1, -0.05) is 31.7 Å². The molecule has 0 atom stereocenters. The Labute approximate surface area is 118 Å². The summed E-state index contributed by atoms with van der Waals surface area (Å²) in [6.07, 6.45) is 11.5. The lowest BCUT2D eigenvalue weighted by atomic mass is 9.81. The van der Waals surface area contributed by atoms with Crippen LogP contribution >= 0.6 is 0 Å². The number of rotatable bonds is 2. The summed E-state index contributed by atoms with van der Waals surface area (Å²) in [5.74, 6) is 1.72. The summed E-state index contributed by atoms with van der Waals surface area (Å²) in [5, 5.41) is 0. The lowest BCUT2D eigenvalue weighted by Gasteiger charge is -2.24. The third-order valence-corrected chi connectivity index (χ3v) is 5.62. The zero-order valence-electron chi connectivity index (χ0n) is 12.9. The minimum absolute atomic E-state index is 0.862. The summed E-state index contributed by atoms with van der Waals surface area (Å²) in [5.41, 5.74) is 8.23. The van der Waals surface area contributed by atoms with Crippen molar-refractivity contribution >= 4 is 0 Å². The van der Waals surface area contributed by atoms with Crippen molar-refractivity contribution in [1.29, 1.82) is 0 Å². The Bertz CT molecular complexity index is 417. The quantitative estimate of drug-likeness (QED) is 0.615. The van der Waals surface area contributed by atoms with Gasteiger partial charge in [0.25, 0.3) is 0 Å². The summed E-state index contributed by atoms with van der Waals surface area (Å²) in [6, 6.07) is 2.48. The maximum Gasteiger partial charge on any atom is -0.0157 e. The molecule has 3 rings (SSSR count). The molecule has 0 heteroatoms. The molecule has 0 saturated heterocycles. The van der Waals surface area contributed by atoms with Gasteiger partial charge in [-0.05, 0) is 86.1 Å². The van der Waals surface area contributed by atoms with Crippen LogP contribution in [0.1, 0.15) is 91.0 Å². The maximum absolute atomic E-state index is 2.48. The number of benzene rings is 1. The highest BCUT2D eigenvalue weighted by atomic mass is 14.3. The molecule has 104 valence electrons. The zero-order valence-corrected chi connectivity index (χ0v) is 12.9. The van der Waals surface area contributed by atoms with Crippen LogP contribution in [0.4, 0.5) is 0 Å². The molecule has 0 aromatic heterocycles. The average Bonchev–Trinajstić information content (AvgIpc) is 3.00. The van der Waals surface area contributed by atoms with Crippen molar-refractivity contribution in [2.45, 2.75) is 84.0 Å². The van der Waals surface area contributed by atoms with Crippen LogP contribution in [0.3, 0.4) is 0 Å². The van der Waals surface area contributed by atoms with E-state index in [1.54, 1.807) is 27.8 Å². The first-order valence-electron chi connectivity index (χ1n) is 8.29. The van der Waals surface area contributed by atoms with E-state index in [4.69, 9.17) is 0 Å². The zero-order chi connectivity index (χ0) is 13.4. The molecule has 2 saturated carbocycles. The number of hydrogen-bond acceptors (Lipinski definition) is 0. The standard InChI is InChI=1S/C19H28/c1-13-12-14(2)19(17-10-6-7-11-17)15(3)18(13)16-8-4-5-9-16/h12,16-17H,4-11H2,1-3H3. The van der Waals surface area contributed by atoms with Gasteiger partial charge >= 0.3 is 0 Å². The third-order valence-electron chi connectivity index (χ3n) is 5.62. The Morgan fingerprint density at radius 1 is 0.684 bits per heavy atom. The molecular weight excluding hydrogens is 228 g/mol. The van der Waals surface area contributed by atoms with Crippen LogP contribution in [0.25, 0.3) is 0 Å². The fraction of sp³-hybridized carbons (Fsp3) is 0.684. The number of aryl methyl sites for hydroxylation is 2. The highest BCUT2D eigenvalue weighted by Crippen LogP contribution is 2.43. The smallest absolute Gasteiger partial charge is 0.0157 e. The van der Waals surface area contributed by atoms with Gasteiger partial charge in [-0.25, -0.2) is 0 Å². The van der Waals surface area contributed by atoms with E-state index in [-0.39, 0.29) is 0 Å². The largest absolute Gasteiger partial charge is 0.0558 e. The van der Waals surface area contributed by atoms with Gasteiger partial charge < -0.3 is 0 Å². The van der Waals surface area contributed by atoms with Gasteiger partial charge in [0, 0.05) is 0 Å². The maximum atomic E-state index is 2.48. The van der Waals surface area contributed by atoms with E-state index < -0.39 is 0 Å². The van der Waals surface area contributed by atoms with Crippen molar-refractivity contribution in [1.82, 2.24) is 0 Å². The Kier molecular flexibility index (Phi) is 3.69. The minimum atomic E-state index is 0.862. The first kappa shape index (κ1) is 13.2. The van der Waals surface area contributed by atoms with E-state index in [2.05, 4.69) is 26.8 Å². The normalized spacial score (nSPS) is 21.4. The van der Waals surface area contributed by atoms with Gasteiger partial charge in [0.15, 0.2) is 0 Å². The summed E-state index contributed by atoms with van der Waals surface area (Å²) >= 11 is 0. The Morgan fingerprint density at radius 2 is 1.05 bits per heavy atom. The van der Waals surface area contributed by atoms with E-state index in [1.807, 2.05) is 0 Å². The van der Waals surface area contributed by atoms with Crippen LogP contribution in [0, 0.1) is 20.8 Å². The van der Waals surface area contributed by atoms with E-state index in [9.17, 15) is 0 Å². The summed E-state index contributed by atoms with van der Waals surface area (Å²) in [4.78, 5) is 0. The molecule has 0 radical (unpaired) electrons. The van der Waals surface area contributed by atoms with Gasteiger partial charge in [-0.2, -0.15) is 0 Å². The minimum Gasteiger partial charge on any atom is -0.0558 e. The number of hydrogen-bond donors (Lipinski definition) is 0. The molecule has 0 aliphatic heterocycles. The van der Waals surface area contributed by atoms with Gasteiger partial charge in [-0.15, -0.1) is 0 Å². The van der Waals surface area contributed by atoms with Crippen molar-refractivity contribution in [2.75, 3.05) is 0 Å². The van der Waals surface area contributed by atoms with Gasteiger partial charge in [0.2, 0.25) is 0 Å². The Hall–Kier alpha value is -0.780. The molecule has 2 fully saturated rings. The van der Waals surface area contributed by atoms with Crippen LogP contribution in [0.2, 0.25) is 0 Å². The molecule has 0 bridgehead atoms. The molecule has 0 unspecified atom stereocenters. The molecule has 0 N–H and O–H groups in total. The molecule has 19 heavy (non-hydrogen) atoms. The van der Waals surface area contributed by atoms with Gasteiger partial charge in [0.05, 0.1) is 0 Å². The summed E-state index contributed by atoms with van der Waals surface area (Å²) in [7, 11) is 0. The van der Waals surface area contributed by atoms with Crippen molar-refractivity contribution < 1.29 is 0 Å². The summed E-state index contributed by atoms with van der Waals surface area (Å²) < 4.78 is 0. The van der Waals surface area contributed by atoms with Crippen LogP contribution in [0.15, 0.2) is 6.07 Å². The van der Waals surface area contributed by atoms with E-state index in [1.165, 1.54) is 51.4 Å². The molecule has 2 aliphatic rings. The molecular formula is C19H28. The molecule has 0 amide bonds. The molecule has 1 aromatic rings. The molecule has 0 heterocycles. The van der Waals surface area contributed by atoms with Crippen LogP contribution in [-0.2, 0) is 0 Å². The lowest BCUT2D eigenvalue weighted by molar-refractivity contribution is 0.683. The fourth-order valence-corrected chi connectivity index (χ4v) is 4.90. The van der Waals surface area contributed by atoms with Crippen molar-refractivity contribution in [3.63, 3.8) is 0 Å². The van der Waals surface area contributed by atoms with E-state index in [0.29, 0.717) is 0 Å². The van der Waals surface area contributed by atoms with Crippen molar-refractivity contribution in [2.24, 2.45) is 0 Å². The van der Waals surface area contributed by atoms with Crippen LogP contribution in [0.5, 0.6) is 0 Å². The summed E-state index contributed by atoms with van der Waals surface area (Å²) in [6.45, 7) is 7.10. The second-order valence-corrected chi connectivity index (χ2v) is 6.93. The monoisotopic (exact) mass is 256 g/mol. The Morgan fingerprint density at radius 3 is 1.42 bits per heavy atom. The highest BCUT2D eigenvalue weighted by Gasteiger charge is 2.26. The fourth-order valence-electron chi connectivity index (χ4n) is 4.90. The van der Waals surface area contributed by atoms with Crippen LogP contribution in [-0.4, -0.2) is 0 Å². The first-order valence-corrected chi connectivity index (χ1v) is 8.29. The topological polar surface area (TPSA) is 0 Å². The second-order valence-electron chi connectivity index (χ2n) is 6.93. The SMILES string of the molecule is Cc1cc(C)c(C2CCCC2)c(C)c1C1CCCC1. The molecule has 0 nitrogen and oxygen atoms in total. The lowest BCUT2D eigenvalue weighted by Crippen LogP contribution is -2.07. The predicted octanol–water partition coefficient (Wildman–Crippen LogP) is 5.93. The third kappa shape index (κ3) is 2.35. The molecule has 1 aromatic carbocycles. The van der Waals surface area contributed by atoms with Gasteiger partial charge in [-0.3, -0.25) is 0 Å². The van der Waals surface area contributed by atoms with Gasteiger partial charge in [0.1, 0.15) is 0 Å². The van der Waals surface area contributed by atoms with Crippen molar-refractivity contribution in [3.05, 3.63) is 33.9 Å². The van der Waals surface area contributed by atoms with E-state index in [0.717, 1.165) is 11.8 Å². The Balaban J connectivity index is 2.05. The van der Waals surface area contributed by atoms with E-state index >= 15 is 0 Å². The second kappa shape index (κ2) is 5.31. The molecule has 2 aliphatic carbocycles.